The van der Waals surface area contributed by atoms with E-state index in [0.717, 1.165) is 4.88 Å². The molecular weight excluding hydrogens is 476 g/mol. The lowest BCUT2D eigenvalue weighted by Gasteiger charge is -2.16. The zero-order chi connectivity index (χ0) is 24.7. The third kappa shape index (κ3) is 6.28. The first kappa shape index (κ1) is 25.1. The Morgan fingerprint density at radius 2 is 2.12 bits per heavy atom. The van der Waals surface area contributed by atoms with Crippen molar-refractivity contribution < 1.29 is 18.8 Å². The van der Waals surface area contributed by atoms with Crippen molar-refractivity contribution >= 4 is 44.6 Å². The van der Waals surface area contributed by atoms with Crippen LogP contribution in [0.3, 0.4) is 0 Å². The fourth-order valence-corrected chi connectivity index (χ4v) is 4.74. The molecule has 12 heteroatoms. The van der Waals surface area contributed by atoms with E-state index in [2.05, 4.69) is 31.0 Å². The number of aliphatic hydroxyl groups is 1. The van der Waals surface area contributed by atoms with Crippen molar-refractivity contribution in [3.05, 3.63) is 47.5 Å². The summed E-state index contributed by atoms with van der Waals surface area (Å²) in [5.74, 6) is 0.807. The van der Waals surface area contributed by atoms with Crippen LogP contribution in [-0.2, 0) is 14.5 Å². The molecule has 1 amide bonds. The van der Waals surface area contributed by atoms with E-state index in [1.165, 1.54) is 17.6 Å². The summed E-state index contributed by atoms with van der Waals surface area (Å²) >= 11 is 1.40. The Hall–Kier alpha value is -3.53. The average molecular weight is 501 g/mol. The first-order valence-electron chi connectivity index (χ1n) is 10.2. The lowest BCUT2D eigenvalue weighted by Crippen LogP contribution is -2.21. The number of rotatable bonds is 8. The van der Waals surface area contributed by atoms with E-state index in [1.807, 2.05) is 6.92 Å². The second-order valence-electron chi connectivity index (χ2n) is 7.24. The number of amides is 1. The van der Waals surface area contributed by atoms with Crippen LogP contribution in [0.15, 0.2) is 51.2 Å². The van der Waals surface area contributed by atoms with Gasteiger partial charge in [0, 0.05) is 39.3 Å². The molecule has 1 unspecified atom stereocenters. The molecule has 10 nitrogen and oxygen atoms in total. The van der Waals surface area contributed by atoms with E-state index in [0.29, 0.717) is 33.5 Å². The predicted octanol–water partition coefficient (Wildman–Crippen LogP) is 4.23. The first-order valence-corrected chi connectivity index (χ1v) is 13.1. The number of nitriles is 1. The van der Waals surface area contributed by atoms with Gasteiger partial charge in [-0.3, -0.25) is 0 Å². The van der Waals surface area contributed by atoms with Crippen LogP contribution in [0.2, 0.25) is 0 Å². The fraction of sp³-hybridized carbons (Fsp3) is 0.273. The maximum atomic E-state index is 12.8. The van der Waals surface area contributed by atoms with Gasteiger partial charge in [0.15, 0.2) is 0 Å². The molecule has 3 rings (SSSR count). The van der Waals surface area contributed by atoms with Gasteiger partial charge in [0.05, 0.1) is 34.1 Å². The highest BCUT2D eigenvalue weighted by atomic mass is 32.2. The molecule has 0 saturated carbocycles. The minimum Gasteiger partial charge on any atom is -0.448 e. The molecular formula is C22H24N6O4S2. The van der Waals surface area contributed by atoms with Crippen LogP contribution in [0.5, 0.6) is 0 Å². The minimum absolute atomic E-state index is 0.0886. The number of thiophene rings is 1. The van der Waals surface area contributed by atoms with Crippen LogP contribution in [0.4, 0.5) is 22.2 Å². The number of ether oxygens (including phenoxy) is 1. The number of aliphatic hydroxyl groups excluding tert-OH is 1. The number of anilines is 3. The third-order valence-corrected chi connectivity index (χ3v) is 7.11. The molecule has 3 aromatic rings. The number of benzene rings is 1. The van der Waals surface area contributed by atoms with E-state index in [9.17, 15) is 14.1 Å². The smallest absolute Gasteiger partial charge is 0.442 e. The van der Waals surface area contributed by atoms with Gasteiger partial charge in [-0.25, -0.2) is 14.0 Å². The van der Waals surface area contributed by atoms with Crippen LogP contribution in [0.25, 0.3) is 10.4 Å². The highest BCUT2D eigenvalue weighted by Gasteiger charge is 2.15. The molecule has 2 aromatic heterocycles. The van der Waals surface area contributed by atoms with Gasteiger partial charge in [0.2, 0.25) is 5.95 Å². The maximum absolute atomic E-state index is 12.8. The van der Waals surface area contributed by atoms with Gasteiger partial charge in [-0.15, -0.1) is 15.7 Å². The molecule has 0 fully saturated rings. The van der Waals surface area contributed by atoms with Gasteiger partial charge >= 0.3 is 6.09 Å². The third-order valence-electron chi connectivity index (χ3n) is 4.50. The summed E-state index contributed by atoms with van der Waals surface area (Å²) in [6, 6.07) is 10.2. The van der Waals surface area contributed by atoms with Crippen LogP contribution >= 0.6 is 11.3 Å². The lowest BCUT2D eigenvalue weighted by molar-refractivity contribution is 0.164. The summed E-state index contributed by atoms with van der Waals surface area (Å²) in [6.45, 7) is 3.53. The number of hydrogen-bond acceptors (Lipinski definition) is 10. The number of nitrogens with zero attached hydrogens (tertiary/aromatic N) is 4. The molecule has 0 spiro atoms. The van der Waals surface area contributed by atoms with Gasteiger partial charge in [0.25, 0.3) is 0 Å². The molecule has 0 aliphatic carbocycles. The van der Waals surface area contributed by atoms with Gasteiger partial charge in [-0.2, -0.15) is 10.2 Å². The van der Waals surface area contributed by atoms with Crippen molar-refractivity contribution in [3.63, 3.8) is 0 Å². The van der Waals surface area contributed by atoms with Crippen molar-refractivity contribution in [3.8, 4) is 16.5 Å². The largest absolute Gasteiger partial charge is 0.448 e. The quantitative estimate of drug-likeness (QED) is 0.413. The Labute approximate surface area is 201 Å². The number of hydrogen-bond donors (Lipinski definition) is 3. The second kappa shape index (κ2) is 11.1. The molecule has 0 bridgehead atoms. The van der Waals surface area contributed by atoms with E-state index in [1.54, 1.807) is 48.8 Å². The standard InChI is InChI=1S/C22H24N6O4S2/c1-4-32-22(30)28-34(3,31)17-7-5-16(6-8-17)26-21-24-11-18(19-9-15(10-23)13-33-19)20(27-21)25-14(2)12-29/h5-9,11,13-14,29H,4,12H2,1-3H3,(H2,24,25,26,27)/t14-,34?/m1/s1. The Balaban J connectivity index is 1.86. The lowest BCUT2D eigenvalue weighted by atomic mass is 10.2. The summed E-state index contributed by atoms with van der Waals surface area (Å²) in [7, 11) is -2.94. The van der Waals surface area contributed by atoms with Gasteiger partial charge in [-0.05, 0) is 44.2 Å². The van der Waals surface area contributed by atoms with Gasteiger partial charge < -0.3 is 20.5 Å². The maximum Gasteiger partial charge on any atom is 0.442 e. The fourth-order valence-electron chi connectivity index (χ4n) is 2.81. The van der Waals surface area contributed by atoms with Crippen molar-refractivity contribution in [2.24, 2.45) is 4.36 Å². The van der Waals surface area contributed by atoms with Crippen molar-refractivity contribution in [2.45, 2.75) is 24.8 Å². The van der Waals surface area contributed by atoms with Crippen LogP contribution in [0.1, 0.15) is 19.4 Å². The van der Waals surface area contributed by atoms with Crippen molar-refractivity contribution in [2.75, 3.05) is 30.1 Å². The topological polar surface area (TPSA) is 150 Å². The van der Waals surface area contributed by atoms with Crippen molar-refractivity contribution in [1.82, 2.24) is 9.97 Å². The highest BCUT2D eigenvalue weighted by Crippen LogP contribution is 2.33. The van der Waals surface area contributed by atoms with E-state index in [-0.39, 0.29) is 19.3 Å². The van der Waals surface area contributed by atoms with Crippen LogP contribution in [-0.4, -0.2) is 50.9 Å². The summed E-state index contributed by atoms with van der Waals surface area (Å²) in [6.07, 6.45) is 2.15. The normalized spacial score (nSPS) is 13.3. The molecule has 0 saturated heterocycles. The first-order chi connectivity index (χ1) is 16.2. The predicted molar refractivity (Wildman–Crippen MR) is 132 cm³/mol. The summed E-state index contributed by atoms with van der Waals surface area (Å²) in [4.78, 5) is 21.7. The summed E-state index contributed by atoms with van der Waals surface area (Å²) in [5.41, 5.74) is 1.89. The molecule has 2 heterocycles. The Kier molecular flexibility index (Phi) is 8.17. The average Bonchev–Trinajstić information content (AvgIpc) is 3.28. The SMILES string of the molecule is CCOC(=O)N=S(C)(=O)c1ccc(Nc2ncc(-c3cc(C#N)cs3)c(N[C@H](C)CO)n2)cc1. The Morgan fingerprint density at radius 1 is 1.38 bits per heavy atom. The second-order valence-corrected chi connectivity index (χ2v) is 10.4. The number of carbonyl (C=O) groups excluding carboxylic acids is 1. The van der Waals surface area contributed by atoms with E-state index < -0.39 is 15.8 Å². The minimum atomic E-state index is -2.94. The number of nitrogens with one attached hydrogen (secondary N) is 2. The number of carbonyl (C=O) groups is 1. The van der Waals surface area contributed by atoms with Crippen LogP contribution < -0.4 is 10.6 Å². The molecule has 178 valence electrons. The summed E-state index contributed by atoms with van der Waals surface area (Å²) in [5, 5.41) is 26.6. The van der Waals surface area contributed by atoms with E-state index in [4.69, 9.17) is 10.00 Å². The zero-order valence-corrected chi connectivity index (χ0v) is 20.4. The highest BCUT2D eigenvalue weighted by molar-refractivity contribution is 7.93. The zero-order valence-electron chi connectivity index (χ0n) is 18.8. The molecule has 1 aromatic carbocycles. The number of aromatic nitrogens is 2. The molecule has 0 aliphatic heterocycles. The van der Waals surface area contributed by atoms with Crippen LogP contribution in [0, 0.1) is 11.3 Å². The molecule has 0 aliphatic rings. The Morgan fingerprint density at radius 3 is 2.74 bits per heavy atom. The molecule has 2 atom stereocenters. The Bertz CT molecular complexity index is 1320. The molecule has 3 N–H and O–H groups in total. The van der Waals surface area contributed by atoms with E-state index >= 15 is 0 Å². The van der Waals surface area contributed by atoms with Gasteiger partial charge in [-0.1, -0.05) is 0 Å². The molecule has 34 heavy (non-hydrogen) atoms. The monoisotopic (exact) mass is 500 g/mol. The summed E-state index contributed by atoms with van der Waals surface area (Å²) < 4.78 is 21.2. The van der Waals surface area contributed by atoms with Crippen molar-refractivity contribution in [1.29, 1.82) is 5.26 Å². The van der Waals surface area contributed by atoms with Gasteiger partial charge in [0.1, 0.15) is 11.9 Å². The molecule has 0 radical (unpaired) electrons.